The molecular weight excluding hydrogens is 276 g/mol. The Hall–Kier alpha value is -0.590. The van der Waals surface area contributed by atoms with Crippen LogP contribution in [0.2, 0.25) is 0 Å². The average molecular weight is 300 g/mol. The van der Waals surface area contributed by atoms with E-state index in [1.165, 1.54) is 0 Å². The van der Waals surface area contributed by atoms with Crippen molar-refractivity contribution >= 4 is 11.8 Å². The van der Waals surface area contributed by atoms with Gasteiger partial charge in [-0.25, -0.2) is 0 Å². The lowest BCUT2D eigenvalue weighted by molar-refractivity contribution is -0.0257. The van der Waals surface area contributed by atoms with Crippen LogP contribution in [0.5, 0.6) is 0 Å². The molecule has 1 aromatic rings. The second-order valence-corrected chi connectivity index (χ2v) is 5.90. The van der Waals surface area contributed by atoms with Gasteiger partial charge in [-0.05, 0) is 31.5 Å². The van der Waals surface area contributed by atoms with Crippen LogP contribution < -0.4 is 0 Å². The number of aliphatic hydroxyl groups excluding tert-OH is 2. The van der Waals surface area contributed by atoms with E-state index in [1.54, 1.807) is 25.8 Å². The van der Waals surface area contributed by atoms with Crippen LogP contribution >= 0.6 is 11.8 Å². The van der Waals surface area contributed by atoms with Crippen molar-refractivity contribution in [3.63, 3.8) is 0 Å². The molecule has 0 aromatic heterocycles. The molecule has 0 aliphatic carbocycles. The smallest absolute Gasteiger partial charge is 0.0867 e. The second kappa shape index (κ2) is 9.37. The van der Waals surface area contributed by atoms with Gasteiger partial charge >= 0.3 is 0 Å². The van der Waals surface area contributed by atoms with E-state index >= 15 is 0 Å². The minimum Gasteiger partial charge on any atom is -0.390 e. The molecule has 2 N–H and O–H groups in total. The maximum Gasteiger partial charge on any atom is 0.0867 e. The summed E-state index contributed by atoms with van der Waals surface area (Å²) in [4.78, 5) is 1.07. The summed E-state index contributed by atoms with van der Waals surface area (Å²) >= 11 is 1.57. The van der Waals surface area contributed by atoms with E-state index in [2.05, 4.69) is 0 Å². The first-order chi connectivity index (χ1) is 9.52. The van der Waals surface area contributed by atoms with Crippen molar-refractivity contribution in [3.05, 3.63) is 29.8 Å². The van der Waals surface area contributed by atoms with E-state index in [0.29, 0.717) is 19.0 Å². The van der Waals surface area contributed by atoms with Gasteiger partial charge in [0.1, 0.15) is 0 Å². The highest BCUT2D eigenvalue weighted by Gasteiger charge is 2.09. The third-order valence-electron chi connectivity index (χ3n) is 2.78. The van der Waals surface area contributed by atoms with Crippen LogP contribution in [-0.2, 0) is 9.47 Å². The summed E-state index contributed by atoms with van der Waals surface area (Å²) in [6.45, 7) is 4.49. The molecule has 4 nitrogen and oxygen atoms in total. The third kappa shape index (κ3) is 6.72. The number of thioether (sulfide) groups is 1. The van der Waals surface area contributed by atoms with Crippen LogP contribution in [0.25, 0.3) is 0 Å². The summed E-state index contributed by atoms with van der Waals surface area (Å²) in [7, 11) is 1.63. The number of ether oxygens (including phenoxy) is 2. The molecule has 0 spiro atoms. The Morgan fingerprint density at radius 1 is 1.10 bits per heavy atom. The number of hydrogen-bond donors (Lipinski definition) is 2. The largest absolute Gasteiger partial charge is 0.390 e. The average Bonchev–Trinajstić information content (AvgIpc) is 2.43. The van der Waals surface area contributed by atoms with Gasteiger partial charge in [-0.15, -0.1) is 11.8 Å². The predicted molar refractivity (Wildman–Crippen MR) is 81.1 cm³/mol. The Morgan fingerprint density at radius 2 is 1.75 bits per heavy atom. The molecule has 0 amide bonds. The Balaban J connectivity index is 2.28. The Morgan fingerprint density at radius 3 is 2.30 bits per heavy atom. The van der Waals surface area contributed by atoms with Crippen molar-refractivity contribution in [2.24, 2.45) is 0 Å². The van der Waals surface area contributed by atoms with Crippen LogP contribution in [-0.4, -0.2) is 48.5 Å². The minimum absolute atomic E-state index is 0.00928. The minimum atomic E-state index is -0.504. The molecule has 20 heavy (non-hydrogen) atoms. The van der Waals surface area contributed by atoms with Crippen LogP contribution in [0.3, 0.4) is 0 Å². The van der Waals surface area contributed by atoms with E-state index < -0.39 is 12.2 Å². The predicted octanol–water partition coefficient (Wildman–Crippen LogP) is 2.24. The highest BCUT2D eigenvalue weighted by atomic mass is 32.2. The van der Waals surface area contributed by atoms with Crippen LogP contribution in [0.15, 0.2) is 29.2 Å². The van der Waals surface area contributed by atoms with Gasteiger partial charge in [-0.1, -0.05) is 12.1 Å². The number of hydrogen-bond acceptors (Lipinski definition) is 5. The summed E-state index contributed by atoms with van der Waals surface area (Å²) in [6.07, 6.45) is -0.962. The Bertz CT molecular complexity index is 367. The molecule has 0 fully saturated rings. The maximum atomic E-state index is 9.84. The molecule has 114 valence electrons. The van der Waals surface area contributed by atoms with Gasteiger partial charge in [0.05, 0.1) is 31.5 Å². The van der Waals surface area contributed by atoms with E-state index in [4.69, 9.17) is 9.47 Å². The van der Waals surface area contributed by atoms with Gasteiger partial charge in [0.2, 0.25) is 0 Å². The molecule has 0 saturated carbocycles. The molecule has 0 heterocycles. The molecular formula is C15H24O4S. The topological polar surface area (TPSA) is 58.9 Å². The molecule has 0 saturated heterocycles. The van der Waals surface area contributed by atoms with E-state index in [0.717, 1.165) is 10.5 Å². The molecule has 0 aliphatic heterocycles. The fourth-order valence-electron chi connectivity index (χ4n) is 1.64. The van der Waals surface area contributed by atoms with Gasteiger partial charge in [0.15, 0.2) is 0 Å². The first-order valence-corrected chi connectivity index (χ1v) is 7.71. The van der Waals surface area contributed by atoms with Crippen molar-refractivity contribution in [3.8, 4) is 0 Å². The Labute approximate surface area is 125 Å². The second-order valence-electron chi connectivity index (χ2n) is 4.81. The third-order valence-corrected chi connectivity index (χ3v) is 3.94. The number of rotatable bonds is 9. The SMILES string of the molecule is COCC(C)OCC(O)CSc1ccc(C(C)O)cc1. The standard InChI is InChI=1S/C15H24O4S/c1-11(8-18-3)19-9-14(17)10-20-15-6-4-13(5-7-15)12(2)16/h4-7,11-12,14,16-17H,8-10H2,1-3H3. The quantitative estimate of drug-likeness (QED) is 0.685. The maximum absolute atomic E-state index is 9.84. The number of methoxy groups -OCH3 is 1. The van der Waals surface area contributed by atoms with Crippen molar-refractivity contribution in [1.82, 2.24) is 0 Å². The van der Waals surface area contributed by atoms with Gasteiger partial charge in [0, 0.05) is 17.8 Å². The zero-order chi connectivity index (χ0) is 15.0. The van der Waals surface area contributed by atoms with E-state index in [9.17, 15) is 10.2 Å². The number of benzene rings is 1. The van der Waals surface area contributed by atoms with Gasteiger partial charge in [-0.3, -0.25) is 0 Å². The van der Waals surface area contributed by atoms with Crippen LogP contribution in [0, 0.1) is 0 Å². The molecule has 0 aliphatic rings. The first kappa shape index (κ1) is 17.5. The van der Waals surface area contributed by atoms with Crippen molar-refractivity contribution in [2.45, 2.75) is 37.1 Å². The lowest BCUT2D eigenvalue weighted by atomic mass is 10.1. The fraction of sp³-hybridized carbons (Fsp3) is 0.600. The van der Waals surface area contributed by atoms with Gasteiger partial charge in [-0.2, -0.15) is 0 Å². The molecule has 0 radical (unpaired) electrons. The van der Waals surface area contributed by atoms with E-state index in [1.807, 2.05) is 31.2 Å². The Kier molecular flexibility index (Phi) is 8.18. The van der Waals surface area contributed by atoms with E-state index in [-0.39, 0.29) is 6.10 Å². The number of aliphatic hydroxyl groups is 2. The van der Waals surface area contributed by atoms with Crippen molar-refractivity contribution in [1.29, 1.82) is 0 Å². The molecule has 1 aromatic carbocycles. The summed E-state index contributed by atoms with van der Waals surface area (Å²) in [6, 6.07) is 7.70. The lowest BCUT2D eigenvalue weighted by Gasteiger charge is -2.15. The van der Waals surface area contributed by atoms with Gasteiger partial charge in [0.25, 0.3) is 0 Å². The first-order valence-electron chi connectivity index (χ1n) is 6.72. The van der Waals surface area contributed by atoms with Crippen molar-refractivity contribution < 1.29 is 19.7 Å². The van der Waals surface area contributed by atoms with Crippen LogP contribution in [0.1, 0.15) is 25.5 Å². The van der Waals surface area contributed by atoms with Crippen molar-refractivity contribution in [2.75, 3.05) is 26.1 Å². The summed E-state index contributed by atoms with van der Waals surface area (Å²) in [5, 5.41) is 19.3. The zero-order valence-corrected chi connectivity index (χ0v) is 13.1. The van der Waals surface area contributed by atoms with Crippen LogP contribution in [0.4, 0.5) is 0 Å². The van der Waals surface area contributed by atoms with Gasteiger partial charge < -0.3 is 19.7 Å². The highest BCUT2D eigenvalue weighted by molar-refractivity contribution is 7.99. The zero-order valence-electron chi connectivity index (χ0n) is 12.3. The fourth-order valence-corrected chi connectivity index (χ4v) is 2.45. The summed E-state index contributed by atoms with van der Waals surface area (Å²) in [5.74, 6) is 0.577. The molecule has 5 heteroatoms. The molecule has 1 rings (SSSR count). The molecule has 3 atom stereocenters. The lowest BCUT2D eigenvalue weighted by Crippen LogP contribution is -2.24. The molecule has 0 bridgehead atoms. The summed E-state index contributed by atoms with van der Waals surface area (Å²) < 4.78 is 10.4. The highest BCUT2D eigenvalue weighted by Crippen LogP contribution is 2.21. The molecule has 3 unspecified atom stereocenters. The summed E-state index contributed by atoms with van der Waals surface area (Å²) in [5.41, 5.74) is 0.895. The normalized spacial score (nSPS) is 15.8. The monoisotopic (exact) mass is 300 g/mol.